The van der Waals surface area contributed by atoms with Crippen molar-refractivity contribution < 1.29 is 18.7 Å². The first-order valence-corrected chi connectivity index (χ1v) is 6.44. The van der Waals surface area contributed by atoms with Gasteiger partial charge in [0.25, 0.3) is 0 Å². The summed E-state index contributed by atoms with van der Waals surface area (Å²) in [6.45, 7) is 1.60. The lowest BCUT2D eigenvalue weighted by atomic mass is 10.1. The molecule has 110 valence electrons. The topological polar surface area (TPSA) is 41.8 Å². The normalized spacial score (nSPS) is 11.5. The Bertz CT molecular complexity index is 689. The first-order chi connectivity index (χ1) is 10.0. The number of halogens is 3. The summed E-state index contributed by atoms with van der Waals surface area (Å²) in [6.07, 6.45) is 0. The third-order valence-corrected chi connectivity index (χ3v) is 3.23. The van der Waals surface area contributed by atoms with Gasteiger partial charge in [-0.25, -0.2) is 8.78 Å². The van der Waals surface area contributed by atoms with E-state index in [0.29, 0.717) is 11.1 Å². The maximum atomic E-state index is 13.3. The van der Waals surface area contributed by atoms with Crippen LogP contribution in [0.2, 0.25) is 5.02 Å². The van der Waals surface area contributed by atoms with Crippen LogP contribution in [0.5, 0.6) is 5.75 Å². The summed E-state index contributed by atoms with van der Waals surface area (Å²) in [5.74, 6) is -0.714. The molecule has 0 aliphatic heterocycles. The van der Waals surface area contributed by atoms with Crippen molar-refractivity contribution in [3.05, 3.63) is 64.2 Å². The molecule has 0 aromatic heterocycles. The Hall–Kier alpha value is -2.14. The number of hydrogen-bond donors (Lipinski definition) is 1. The van der Waals surface area contributed by atoms with Gasteiger partial charge in [-0.2, -0.15) is 0 Å². The highest BCUT2D eigenvalue weighted by atomic mass is 35.5. The van der Waals surface area contributed by atoms with E-state index in [-0.39, 0.29) is 23.1 Å². The van der Waals surface area contributed by atoms with Crippen molar-refractivity contribution in [1.82, 2.24) is 0 Å². The lowest BCUT2D eigenvalue weighted by Crippen LogP contribution is -2.03. The maximum Gasteiger partial charge on any atom is 0.131 e. The van der Waals surface area contributed by atoms with Crippen LogP contribution in [0.4, 0.5) is 8.78 Å². The summed E-state index contributed by atoms with van der Waals surface area (Å²) in [6, 6.07) is 7.80. The Morgan fingerprint density at radius 2 is 1.86 bits per heavy atom. The number of ether oxygens (including phenoxy) is 1. The fraction of sp³-hybridized carbons (Fsp3) is 0.133. The summed E-state index contributed by atoms with van der Waals surface area (Å²) in [5.41, 5.74) is 1.30. The zero-order valence-corrected chi connectivity index (χ0v) is 11.9. The average Bonchev–Trinajstić information content (AvgIpc) is 2.45. The van der Waals surface area contributed by atoms with Crippen molar-refractivity contribution in [2.45, 2.75) is 13.5 Å². The number of oxime groups is 1. The van der Waals surface area contributed by atoms with Crippen molar-refractivity contribution in [3.8, 4) is 5.75 Å². The Balaban J connectivity index is 2.25. The lowest BCUT2D eigenvalue weighted by Gasteiger charge is -2.12. The summed E-state index contributed by atoms with van der Waals surface area (Å²) in [5, 5.41) is 12.1. The van der Waals surface area contributed by atoms with Crippen molar-refractivity contribution in [2.24, 2.45) is 5.16 Å². The third-order valence-electron chi connectivity index (χ3n) is 2.88. The average molecular weight is 312 g/mol. The highest BCUT2D eigenvalue weighted by molar-refractivity contribution is 6.31. The molecule has 0 heterocycles. The van der Waals surface area contributed by atoms with E-state index >= 15 is 0 Å². The monoisotopic (exact) mass is 311 g/mol. The predicted octanol–water partition coefficient (Wildman–Crippen LogP) is 4.40. The molecule has 0 spiro atoms. The molecule has 0 amide bonds. The van der Waals surface area contributed by atoms with Crippen LogP contribution >= 0.6 is 11.6 Å². The van der Waals surface area contributed by atoms with Gasteiger partial charge in [-0.3, -0.25) is 0 Å². The van der Waals surface area contributed by atoms with Crippen LogP contribution in [-0.2, 0) is 6.61 Å². The van der Waals surface area contributed by atoms with Crippen LogP contribution in [0.1, 0.15) is 18.1 Å². The molecular formula is C15H12ClF2NO2. The predicted molar refractivity (Wildman–Crippen MR) is 76.1 cm³/mol. The second-order valence-corrected chi connectivity index (χ2v) is 4.76. The minimum absolute atomic E-state index is 0.0360. The van der Waals surface area contributed by atoms with E-state index in [9.17, 15) is 8.78 Å². The summed E-state index contributed by atoms with van der Waals surface area (Å²) >= 11 is 5.90. The van der Waals surface area contributed by atoms with E-state index in [1.54, 1.807) is 6.92 Å². The molecule has 0 atom stereocenters. The van der Waals surface area contributed by atoms with Gasteiger partial charge in [0, 0.05) is 17.2 Å². The Morgan fingerprint density at radius 1 is 1.19 bits per heavy atom. The van der Waals surface area contributed by atoms with E-state index in [4.69, 9.17) is 21.5 Å². The van der Waals surface area contributed by atoms with Crippen LogP contribution in [-0.4, -0.2) is 10.9 Å². The largest absolute Gasteiger partial charge is 0.488 e. The molecule has 0 saturated heterocycles. The number of benzene rings is 2. The SMILES string of the molecule is CC(=NO)c1ccc(F)cc1OCc1ccc(F)cc1Cl. The first kappa shape index (κ1) is 15.3. The molecule has 0 radical (unpaired) electrons. The highest BCUT2D eigenvalue weighted by Gasteiger charge is 2.10. The standard InChI is InChI=1S/C15H12ClF2NO2/c1-9(19-20)13-5-4-12(18)7-15(13)21-8-10-2-3-11(17)6-14(10)16/h2-7,20H,8H2,1H3. The Morgan fingerprint density at radius 3 is 2.52 bits per heavy atom. The highest BCUT2D eigenvalue weighted by Crippen LogP contribution is 2.24. The van der Waals surface area contributed by atoms with Crippen LogP contribution < -0.4 is 4.74 Å². The van der Waals surface area contributed by atoms with Gasteiger partial charge in [0.1, 0.15) is 24.0 Å². The Kier molecular flexibility index (Phi) is 4.75. The zero-order chi connectivity index (χ0) is 15.4. The van der Waals surface area contributed by atoms with Gasteiger partial charge in [0.15, 0.2) is 0 Å². The molecule has 2 rings (SSSR count). The molecule has 0 unspecified atom stereocenters. The smallest absolute Gasteiger partial charge is 0.131 e. The molecule has 6 heteroatoms. The zero-order valence-electron chi connectivity index (χ0n) is 11.1. The second kappa shape index (κ2) is 6.54. The Labute approximate surface area is 125 Å². The minimum atomic E-state index is -0.482. The lowest BCUT2D eigenvalue weighted by molar-refractivity contribution is 0.302. The van der Waals surface area contributed by atoms with Gasteiger partial charge in [-0.05, 0) is 31.2 Å². The van der Waals surface area contributed by atoms with Gasteiger partial charge in [-0.1, -0.05) is 22.8 Å². The van der Waals surface area contributed by atoms with E-state index in [1.165, 1.54) is 36.4 Å². The summed E-state index contributed by atoms with van der Waals surface area (Å²) in [7, 11) is 0. The number of nitrogens with zero attached hydrogens (tertiary/aromatic N) is 1. The molecule has 0 fully saturated rings. The van der Waals surface area contributed by atoms with Crippen molar-refractivity contribution >= 4 is 17.3 Å². The van der Waals surface area contributed by atoms with Gasteiger partial charge < -0.3 is 9.94 Å². The van der Waals surface area contributed by atoms with Gasteiger partial charge in [0.2, 0.25) is 0 Å². The fourth-order valence-corrected chi connectivity index (χ4v) is 1.98. The molecule has 0 aliphatic carbocycles. The van der Waals surface area contributed by atoms with Crippen LogP contribution in [0.15, 0.2) is 41.6 Å². The van der Waals surface area contributed by atoms with Gasteiger partial charge in [-0.15, -0.1) is 0 Å². The van der Waals surface area contributed by atoms with Crippen molar-refractivity contribution in [3.63, 3.8) is 0 Å². The van der Waals surface area contributed by atoms with Crippen molar-refractivity contribution in [2.75, 3.05) is 0 Å². The van der Waals surface area contributed by atoms with Gasteiger partial charge in [0.05, 0.1) is 10.7 Å². The second-order valence-electron chi connectivity index (χ2n) is 4.35. The molecule has 0 saturated carbocycles. The molecule has 0 aliphatic rings. The number of hydrogen-bond acceptors (Lipinski definition) is 3. The van der Waals surface area contributed by atoms with Crippen LogP contribution in [0, 0.1) is 11.6 Å². The third kappa shape index (κ3) is 3.70. The molecule has 21 heavy (non-hydrogen) atoms. The summed E-state index contributed by atoms with van der Waals surface area (Å²) < 4.78 is 31.8. The molecule has 3 nitrogen and oxygen atoms in total. The molecule has 0 bridgehead atoms. The fourth-order valence-electron chi connectivity index (χ4n) is 1.76. The van der Waals surface area contributed by atoms with Crippen LogP contribution in [0.25, 0.3) is 0 Å². The van der Waals surface area contributed by atoms with Gasteiger partial charge >= 0.3 is 0 Å². The minimum Gasteiger partial charge on any atom is -0.488 e. The molecular weight excluding hydrogens is 300 g/mol. The molecule has 1 N–H and O–H groups in total. The maximum absolute atomic E-state index is 13.3. The quantitative estimate of drug-likeness (QED) is 0.517. The van der Waals surface area contributed by atoms with E-state index in [1.807, 2.05) is 0 Å². The van der Waals surface area contributed by atoms with E-state index < -0.39 is 11.6 Å². The number of rotatable bonds is 4. The van der Waals surface area contributed by atoms with Crippen LogP contribution in [0.3, 0.4) is 0 Å². The first-order valence-electron chi connectivity index (χ1n) is 6.06. The summed E-state index contributed by atoms with van der Waals surface area (Å²) in [4.78, 5) is 0. The molecule has 2 aromatic carbocycles. The van der Waals surface area contributed by atoms with E-state index in [0.717, 1.165) is 0 Å². The van der Waals surface area contributed by atoms with Crippen molar-refractivity contribution in [1.29, 1.82) is 0 Å². The van der Waals surface area contributed by atoms with E-state index in [2.05, 4.69) is 5.16 Å². The molecule has 2 aromatic rings.